The number of halogens is 2. The normalized spacial score (nSPS) is 34.2. The molecule has 0 aromatic rings. The van der Waals surface area contributed by atoms with Crippen LogP contribution in [0.4, 0.5) is 0 Å². The summed E-state index contributed by atoms with van der Waals surface area (Å²) in [6.07, 6.45) is 1.40. The number of hydrogen-bond acceptors (Lipinski definition) is 2. The maximum atomic E-state index is 8.61. The van der Waals surface area contributed by atoms with Gasteiger partial charge in [-0.15, -0.1) is 0 Å². The van der Waals surface area contributed by atoms with E-state index >= 15 is 0 Å². The van der Waals surface area contributed by atoms with E-state index in [-0.39, 0.29) is 6.02 Å². The molecular formula is C4H4BrClN2O. The fraction of sp³-hybridized carbons (Fsp3) is 0.500. The zero-order valence-electron chi connectivity index (χ0n) is 4.38. The molecule has 1 atom stereocenters. The predicted molar refractivity (Wildman–Crippen MR) is 40.9 cm³/mol. The molecule has 1 heterocycles. The number of alkyl halides is 2. The topological polar surface area (TPSA) is 45.0 Å². The minimum Gasteiger partial charge on any atom is -0.479 e. The molecule has 1 unspecified atom stereocenters. The molecule has 0 aliphatic carbocycles. The van der Waals surface area contributed by atoms with Crippen LogP contribution in [0.1, 0.15) is 0 Å². The highest BCUT2D eigenvalue weighted by Crippen LogP contribution is 2.23. The Labute approximate surface area is 65.6 Å². The van der Waals surface area contributed by atoms with Gasteiger partial charge < -0.3 is 5.11 Å². The summed E-state index contributed by atoms with van der Waals surface area (Å²) in [5.74, 6) is 0. The van der Waals surface area contributed by atoms with E-state index in [1.54, 1.807) is 0 Å². The molecule has 0 saturated carbocycles. The second-order valence-electron chi connectivity index (χ2n) is 1.64. The largest absolute Gasteiger partial charge is 0.479 e. The Balaban J connectivity index is 2.70. The third-order valence-electron chi connectivity index (χ3n) is 0.800. The molecule has 1 aliphatic rings. The quantitative estimate of drug-likeness (QED) is 0.604. The highest BCUT2D eigenvalue weighted by Gasteiger charge is 2.23. The van der Waals surface area contributed by atoms with Gasteiger partial charge in [-0.25, -0.2) is 9.98 Å². The molecule has 1 rings (SSSR count). The van der Waals surface area contributed by atoms with Crippen LogP contribution in [-0.2, 0) is 0 Å². The van der Waals surface area contributed by atoms with E-state index < -0.39 is 3.78 Å². The van der Waals surface area contributed by atoms with Crippen molar-refractivity contribution in [3.63, 3.8) is 0 Å². The molecule has 0 aromatic carbocycles. The number of aliphatic imine (C=N–C) groups is 2. The van der Waals surface area contributed by atoms with Crippen LogP contribution in [0.5, 0.6) is 0 Å². The Morgan fingerprint density at radius 2 is 2.56 bits per heavy atom. The Morgan fingerprint density at radius 1 is 1.89 bits per heavy atom. The lowest BCUT2D eigenvalue weighted by Gasteiger charge is -2.13. The number of nitrogens with zero attached hydrogens (tertiary/aromatic N) is 2. The first kappa shape index (κ1) is 7.02. The van der Waals surface area contributed by atoms with E-state index in [0.717, 1.165) is 0 Å². The molecule has 3 nitrogen and oxygen atoms in total. The van der Waals surface area contributed by atoms with Gasteiger partial charge in [0.2, 0.25) is 0 Å². The summed E-state index contributed by atoms with van der Waals surface area (Å²) in [5, 5.41) is 8.61. The van der Waals surface area contributed by atoms with Crippen molar-refractivity contribution in [3.8, 4) is 0 Å². The summed E-state index contributed by atoms with van der Waals surface area (Å²) in [6, 6.07) is -0.217. The second kappa shape index (κ2) is 2.27. The third-order valence-corrected chi connectivity index (χ3v) is 1.47. The predicted octanol–water partition coefficient (Wildman–Crippen LogP) is 1.31. The van der Waals surface area contributed by atoms with Gasteiger partial charge in [0, 0.05) is 6.21 Å². The van der Waals surface area contributed by atoms with Crippen LogP contribution in [0.25, 0.3) is 0 Å². The van der Waals surface area contributed by atoms with E-state index in [4.69, 9.17) is 16.7 Å². The van der Waals surface area contributed by atoms with Crippen molar-refractivity contribution in [3.05, 3.63) is 0 Å². The molecular weight excluding hydrogens is 207 g/mol. The third kappa shape index (κ3) is 1.95. The van der Waals surface area contributed by atoms with Crippen LogP contribution < -0.4 is 0 Å². The first-order chi connectivity index (χ1) is 4.10. The maximum absolute atomic E-state index is 8.61. The molecule has 0 radical (unpaired) electrons. The lowest BCUT2D eigenvalue weighted by atomic mass is 10.4. The fourth-order valence-corrected chi connectivity index (χ4v) is 0.746. The van der Waals surface area contributed by atoms with E-state index in [1.165, 1.54) is 6.21 Å². The molecule has 0 saturated heterocycles. The van der Waals surface area contributed by atoms with Gasteiger partial charge in [-0.3, -0.25) is 0 Å². The number of aliphatic hydroxyl groups is 1. The monoisotopic (exact) mass is 210 g/mol. The van der Waals surface area contributed by atoms with Crippen molar-refractivity contribution in [1.82, 2.24) is 0 Å². The molecule has 1 aliphatic heterocycles. The van der Waals surface area contributed by atoms with Gasteiger partial charge in [0.15, 0.2) is 3.78 Å². The van der Waals surface area contributed by atoms with Gasteiger partial charge in [-0.2, -0.15) is 0 Å². The number of rotatable bonds is 0. The van der Waals surface area contributed by atoms with Gasteiger partial charge >= 0.3 is 6.02 Å². The van der Waals surface area contributed by atoms with Crippen LogP contribution in [-0.4, -0.2) is 27.7 Å². The van der Waals surface area contributed by atoms with Gasteiger partial charge in [0.25, 0.3) is 0 Å². The number of aliphatic hydroxyl groups excluding tert-OH is 1. The van der Waals surface area contributed by atoms with Crippen LogP contribution in [0, 0.1) is 0 Å². The molecule has 5 heteroatoms. The average molecular weight is 211 g/mol. The zero-order chi connectivity index (χ0) is 6.91. The molecule has 0 bridgehead atoms. The molecule has 0 spiro atoms. The Morgan fingerprint density at radius 3 is 2.89 bits per heavy atom. The van der Waals surface area contributed by atoms with Gasteiger partial charge in [0.05, 0.1) is 6.54 Å². The van der Waals surface area contributed by atoms with E-state index in [2.05, 4.69) is 25.9 Å². The van der Waals surface area contributed by atoms with Gasteiger partial charge in [-0.1, -0.05) is 27.5 Å². The summed E-state index contributed by atoms with van der Waals surface area (Å²) in [7, 11) is 0. The molecule has 9 heavy (non-hydrogen) atoms. The fourth-order valence-electron chi connectivity index (χ4n) is 0.410. The van der Waals surface area contributed by atoms with Crippen LogP contribution >= 0.6 is 27.5 Å². The summed E-state index contributed by atoms with van der Waals surface area (Å²) < 4.78 is -0.695. The van der Waals surface area contributed by atoms with E-state index in [1.807, 2.05) is 0 Å². The minimum atomic E-state index is -0.695. The van der Waals surface area contributed by atoms with Crippen molar-refractivity contribution >= 4 is 39.8 Å². The molecule has 50 valence electrons. The molecule has 0 amide bonds. The number of amidine groups is 1. The van der Waals surface area contributed by atoms with Gasteiger partial charge in [-0.05, 0) is 0 Å². The summed E-state index contributed by atoms with van der Waals surface area (Å²) in [6.45, 7) is 0.309. The SMILES string of the molecule is OC1=NCC(Cl)(Br)C=N1. The molecule has 1 N–H and O–H groups in total. The zero-order valence-corrected chi connectivity index (χ0v) is 6.72. The van der Waals surface area contributed by atoms with Crippen molar-refractivity contribution in [2.45, 2.75) is 3.78 Å². The van der Waals surface area contributed by atoms with Crippen LogP contribution in [0.15, 0.2) is 9.98 Å². The maximum Gasteiger partial charge on any atom is 0.308 e. The van der Waals surface area contributed by atoms with Crippen molar-refractivity contribution in [2.75, 3.05) is 6.54 Å². The molecule has 0 fully saturated rings. The first-order valence-electron chi connectivity index (χ1n) is 2.27. The summed E-state index contributed by atoms with van der Waals surface area (Å²) in [5.41, 5.74) is 0. The minimum absolute atomic E-state index is 0.217. The average Bonchev–Trinajstić information content (AvgIpc) is 1.78. The smallest absolute Gasteiger partial charge is 0.308 e. The van der Waals surface area contributed by atoms with Crippen molar-refractivity contribution < 1.29 is 5.11 Å². The Kier molecular flexibility index (Phi) is 1.77. The first-order valence-corrected chi connectivity index (χ1v) is 3.44. The lowest BCUT2D eigenvalue weighted by Crippen LogP contribution is -2.23. The lowest BCUT2D eigenvalue weighted by molar-refractivity contribution is 0.536. The highest BCUT2D eigenvalue weighted by atomic mass is 79.9. The van der Waals surface area contributed by atoms with Crippen LogP contribution in [0.2, 0.25) is 0 Å². The Hall–Kier alpha value is -0.0900. The van der Waals surface area contributed by atoms with Crippen LogP contribution in [0.3, 0.4) is 0 Å². The van der Waals surface area contributed by atoms with Gasteiger partial charge in [0.1, 0.15) is 0 Å². The van der Waals surface area contributed by atoms with E-state index in [0.29, 0.717) is 6.54 Å². The van der Waals surface area contributed by atoms with Crippen molar-refractivity contribution in [1.29, 1.82) is 0 Å². The summed E-state index contributed by atoms with van der Waals surface area (Å²) >= 11 is 8.80. The second-order valence-corrected chi connectivity index (χ2v) is 4.18. The summed E-state index contributed by atoms with van der Waals surface area (Å²) in [4.78, 5) is 7.06. The molecule has 0 aromatic heterocycles. The van der Waals surface area contributed by atoms with E-state index in [9.17, 15) is 0 Å². The highest BCUT2D eigenvalue weighted by molar-refractivity contribution is 9.10. The Bertz CT molecular complexity index is 177. The standard InChI is InChI=1S/C4H4BrClN2O/c5-4(6)1-7-3(9)8-2-4/h1H,2H2,(H,8,9). The number of hydrogen-bond donors (Lipinski definition) is 1. The van der Waals surface area contributed by atoms with Crippen molar-refractivity contribution in [2.24, 2.45) is 9.98 Å².